The number of carboxylic acids is 1. The molecule has 1 aliphatic carbocycles. The van der Waals surface area contributed by atoms with E-state index in [1.807, 2.05) is 42.5 Å². The number of oxazole rings is 1. The van der Waals surface area contributed by atoms with Crippen molar-refractivity contribution in [2.45, 2.75) is 64.9 Å². The minimum absolute atomic E-state index is 0.469. The average molecular weight is 526 g/mol. The van der Waals surface area contributed by atoms with E-state index in [-0.39, 0.29) is 0 Å². The zero-order chi connectivity index (χ0) is 27.4. The van der Waals surface area contributed by atoms with E-state index >= 15 is 0 Å². The highest BCUT2D eigenvalue weighted by Crippen LogP contribution is 2.38. The lowest BCUT2D eigenvalue weighted by atomic mass is 9.90. The molecule has 6 nitrogen and oxygen atoms in total. The Bertz CT molecular complexity index is 1450. The molecule has 1 heterocycles. The molecule has 5 rings (SSSR count). The van der Waals surface area contributed by atoms with Crippen molar-refractivity contribution in [3.05, 3.63) is 89.3 Å². The number of benzene rings is 3. The summed E-state index contributed by atoms with van der Waals surface area (Å²) in [6.07, 6.45) is 5.25. The van der Waals surface area contributed by atoms with Crippen molar-refractivity contribution in [2.75, 3.05) is 6.61 Å². The summed E-state index contributed by atoms with van der Waals surface area (Å²) < 4.78 is 18.4. The lowest BCUT2D eigenvalue weighted by Crippen LogP contribution is -2.38. The van der Waals surface area contributed by atoms with E-state index in [2.05, 4.69) is 31.2 Å². The maximum absolute atomic E-state index is 11.6. The molecule has 1 aromatic heterocycles. The van der Waals surface area contributed by atoms with Gasteiger partial charge in [0, 0.05) is 29.5 Å². The van der Waals surface area contributed by atoms with Crippen molar-refractivity contribution in [1.82, 2.24) is 4.98 Å². The van der Waals surface area contributed by atoms with Crippen molar-refractivity contribution in [3.8, 4) is 34.1 Å². The Morgan fingerprint density at radius 3 is 2.31 bits per heavy atom. The molecular formula is C33H35NO5. The molecule has 0 saturated heterocycles. The summed E-state index contributed by atoms with van der Waals surface area (Å²) >= 11 is 0. The van der Waals surface area contributed by atoms with Gasteiger partial charge < -0.3 is 19.0 Å². The number of nitrogens with zero attached hydrogens (tertiary/aromatic N) is 1. The lowest BCUT2D eigenvalue weighted by Gasteiger charge is -2.27. The van der Waals surface area contributed by atoms with E-state index in [1.165, 1.54) is 0 Å². The number of aromatic nitrogens is 1. The average Bonchev–Trinajstić information content (AvgIpc) is 3.38. The molecule has 0 aliphatic heterocycles. The van der Waals surface area contributed by atoms with Crippen LogP contribution in [0.3, 0.4) is 0 Å². The highest BCUT2D eigenvalue weighted by molar-refractivity contribution is 5.77. The number of fused-ring (bicyclic) bond motifs is 1. The first-order valence-corrected chi connectivity index (χ1v) is 13.7. The van der Waals surface area contributed by atoms with Crippen LogP contribution in [0.5, 0.6) is 11.5 Å². The Morgan fingerprint density at radius 2 is 1.59 bits per heavy atom. The molecule has 0 fully saturated rings. The molecule has 0 bridgehead atoms. The Labute approximate surface area is 229 Å². The summed E-state index contributed by atoms with van der Waals surface area (Å²) in [6.45, 7) is 5.69. The first-order chi connectivity index (χ1) is 18.9. The van der Waals surface area contributed by atoms with Gasteiger partial charge in [0.1, 0.15) is 17.3 Å². The van der Waals surface area contributed by atoms with E-state index in [1.54, 1.807) is 13.8 Å². The smallest absolute Gasteiger partial charge is 0.347 e. The van der Waals surface area contributed by atoms with Gasteiger partial charge in [-0.15, -0.1) is 0 Å². The standard InChI is InChI=1S/C33H35NO5/c1-4-28-27(34-31(38-28)24-14-10-13-23(21-24)22-11-6-5-7-12-22)19-20-37-29-17-18-30(39-33(2,3)32(35)36)26-16-9-8-15-25(26)29/h5-7,10-14,17-18,21H,4,8-9,15-16,19-20H2,1-3H3,(H,35,36). The second-order valence-electron chi connectivity index (χ2n) is 10.4. The summed E-state index contributed by atoms with van der Waals surface area (Å²) in [5, 5.41) is 9.51. The molecule has 0 atom stereocenters. The largest absolute Gasteiger partial charge is 0.493 e. The van der Waals surface area contributed by atoms with Crippen molar-refractivity contribution in [2.24, 2.45) is 0 Å². The molecule has 6 heteroatoms. The molecular weight excluding hydrogens is 490 g/mol. The third-order valence-electron chi connectivity index (χ3n) is 7.24. The fraction of sp³-hybridized carbons (Fsp3) is 0.333. The van der Waals surface area contributed by atoms with Gasteiger partial charge in [-0.25, -0.2) is 9.78 Å². The molecule has 0 amide bonds. The summed E-state index contributed by atoms with van der Waals surface area (Å²) in [7, 11) is 0. The molecule has 39 heavy (non-hydrogen) atoms. The van der Waals surface area contributed by atoms with E-state index in [9.17, 15) is 9.90 Å². The number of carbonyl (C=O) groups is 1. The van der Waals surface area contributed by atoms with Crippen molar-refractivity contribution >= 4 is 5.97 Å². The summed E-state index contributed by atoms with van der Waals surface area (Å²) in [6, 6.07) is 22.3. The van der Waals surface area contributed by atoms with Gasteiger partial charge in [0.25, 0.3) is 0 Å². The number of ether oxygens (including phenoxy) is 2. The normalized spacial score (nSPS) is 13.1. The van der Waals surface area contributed by atoms with Gasteiger partial charge >= 0.3 is 5.97 Å². The highest BCUT2D eigenvalue weighted by Gasteiger charge is 2.31. The zero-order valence-electron chi connectivity index (χ0n) is 22.8. The van der Waals surface area contributed by atoms with E-state index in [4.69, 9.17) is 18.9 Å². The van der Waals surface area contributed by atoms with Gasteiger partial charge in [0.15, 0.2) is 5.60 Å². The number of aliphatic carboxylic acids is 1. The molecule has 1 N–H and O–H groups in total. The fourth-order valence-corrected chi connectivity index (χ4v) is 5.05. The Balaban J connectivity index is 1.32. The topological polar surface area (TPSA) is 81.8 Å². The lowest BCUT2D eigenvalue weighted by molar-refractivity contribution is -0.152. The van der Waals surface area contributed by atoms with Crippen LogP contribution in [-0.4, -0.2) is 28.3 Å². The third-order valence-corrected chi connectivity index (χ3v) is 7.24. The monoisotopic (exact) mass is 525 g/mol. The maximum Gasteiger partial charge on any atom is 0.347 e. The van der Waals surface area contributed by atoms with Gasteiger partial charge in [-0.2, -0.15) is 0 Å². The molecule has 202 valence electrons. The van der Waals surface area contributed by atoms with Gasteiger partial charge in [0.05, 0.1) is 12.3 Å². The number of rotatable bonds is 10. The van der Waals surface area contributed by atoms with Crippen LogP contribution in [0, 0.1) is 0 Å². The first-order valence-electron chi connectivity index (χ1n) is 13.7. The van der Waals surface area contributed by atoms with E-state index in [0.29, 0.717) is 24.7 Å². The van der Waals surface area contributed by atoms with Crippen LogP contribution in [0.25, 0.3) is 22.6 Å². The van der Waals surface area contributed by atoms with Gasteiger partial charge in [-0.05, 0) is 74.9 Å². The number of hydrogen-bond acceptors (Lipinski definition) is 5. The highest BCUT2D eigenvalue weighted by atomic mass is 16.5. The summed E-state index contributed by atoms with van der Waals surface area (Å²) in [4.78, 5) is 16.5. The van der Waals surface area contributed by atoms with Crippen molar-refractivity contribution in [3.63, 3.8) is 0 Å². The van der Waals surface area contributed by atoms with Crippen LogP contribution in [0.1, 0.15) is 56.2 Å². The second kappa shape index (κ2) is 11.4. The molecule has 0 unspecified atom stereocenters. The minimum atomic E-state index is -1.30. The minimum Gasteiger partial charge on any atom is -0.493 e. The van der Waals surface area contributed by atoms with Crippen LogP contribution in [0.15, 0.2) is 71.1 Å². The van der Waals surface area contributed by atoms with Crippen molar-refractivity contribution in [1.29, 1.82) is 0 Å². The fourth-order valence-electron chi connectivity index (χ4n) is 5.05. The zero-order valence-corrected chi connectivity index (χ0v) is 22.8. The Kier molecular flexibility index (Phi) is 7.73. The van der Waals surface area contributed by atoms with Gasteiger partial charge in [-0.1, -0.05) is 49.4 Å². The Morgan fingerprint density at radius 1 is 0.923 bits per heavy atom. The molecule has 3 aromatic carbocycles. The van der Waals surface area contributed by atoms with Gasteiger partial charge in [0.2, 0.25) is 5.89 Å². The quantitative estimate of drug-likeness (QED) is 0.234. The molecule has 0 radical (unpaired) electrons. The van der Waals surface area contributed by atoms with Crippen LogP contribution < -0.4 is 9.47 Å². The summed E-state index contributed by atoms with van der Waals surface area (Å²) in [5.74, 6) is 1.98. The predicted molar refractivity (Wildman–Crippen MR) is 151 cm³/mol. The van der Waals surface area contributed by atoms with Gasteiger partial charge in [-0.3, -0.25) is 0 Å². The molecule has 0 saturated carbocycles. The van der Waals surface area contributed by atoms with Crippen LogP contribution >= 0.6 is 0 Å². The maximum atomic E-state index is 11.6. The molecule has 0 spiro atoms. The number of carboxylic acid groups (broad SMARTS) is 1. The SMILES string of the molecule is CCc1oc(-c2cccc(-c3ccccc3)c2)nc1CCOc1ccc(OC(C)(C)C(=O)O)c2c1CCCC2. The summed E-state index contributed by atoms with van der Waals surface area (Å²) in [5.41, 5.74) is 5.02. The number of aryl methyl sites for hydroxylation is 1. The number of hydrogen-bond donors (Lipinski definition) is 1. The Hall–Kier alpha value is -4.06. The van der Waals surface area contributed by atoms with Crippen LogP contribution in [0.2, 0.25) is 0 Å². The van der Waals surface area contributed by atoms with E-state index in [0.717, 1.165) is 77.1 Å². The first kappa shape index (κ1) is 26.5. The molecule has 4 aromatic rings. The third kappa shape index (κ3) is 5.85. The second-order valence-corrected chi connectivity index (χ2v) is 10.4. The predicted octanol–water partition coefficient (Wildman–Crippen LogP) is 7.31. The van der Waals surface area contributed by atoms with Crippen LogP contribution in [0.4, 0.5) is 0 Å². The van der Waals surface area contributed by atoms with Crippen molar-refractivity contribution < 1.29 is 23.8 Å². The van der Waals surface area contributed by atoms with E-state index < -0.39 is 11.6 Å². The molecule has 1 aliphatic rings. The van der Waals surface area contributed by atoms with Crippen LogP contribution in [-0.2, 0) is 30.5 Å².